The fourth-order valence-electron chi connectivity index (χ4n) is 2.04. The molecular formula is C13H13F4NOS. The van der Waals surface area contributed by atoms with E-state index < -0.39 is 29.0 Å². The smallest absolute Gasteiger partial charge is 0.348 e. The van der Waals surface area contributed by atoms with Crippen LogP contribution in [0.1, 0.15) is 28.8 Å². The molecule has 1 aromatic carbocycles. The number of hydrogen-bond acceptors (Lipinski definition) is 2. The van der Waals surface area contributed by atoms with Gasteiger partial charge in [-0.2, -0.15) is 24.9 Å². The number of alkyl halides is 3. The Morgan fingerprint density at radius 2 is 2.10 bits per heavy atom. The SMILES string of the molecule is O=C(NC1CCCSC1)c1cccc(C(F)(F)F)c1F. The molecule has 0 saturated carbocycles. The summed E-state index contributed by atoms with van der Waals surface area (Å²) >= 11 is 1.66. The molecule has 2 nitrogen and oxygen atoms in total. The Balaban J connectivity index is 2.17. The lowest BCUT2D eigenvalue weighted by molar-refractivity contribution is -0.140. The molecule has 20 heavy (non-hydrogen) atoms. The van der Waals surface area contributed by atoms with Gasteiger partial charge in [-0.15, -0.1) is 0 Å². The molecule has 0 bridgehead atoms. The molecular weight excluding hydrogens is 294 g/mol. The van der Waals surface area contributed by atoms with Crippen LogP contribution in [0.25, 0.3) is 0 Å². The summed E-state index contributed by atoms with van der Waals surface area (Å²) in [6, 6.07) is 2.62. The minimum atomic E-state index is -4.80. The van der Waals surface area contributed by atoms with Gasteiger partial charge in [0, 0.05) is 11.8 Å². The van der Waals surface area contributed by atoms with E-state index in [9.17, 15) is 22.4 Å². The monoisotopic (exact) mass is 307 g/mol. The van der Waals surface area contributed by atoms with Gasteiger partial charge >= 0.3 is 6.18 Å². The van der Waals surface area contributed by atoms with Crippen molar-refractivity contribution in [2.75, 3.05) is 11.5 Å². The summed E-state index contributed by atoms with van der Waals surface area (Å²) in [6.45, 7) is 0. The van der Waals surface area contributed by atoms with Crippen LogP contribution in [0.5, 0.6) is 0 Å². The number of benzene rings is 1. The molecule has 1 aliphatic rings. The Hall–Kier alpha value is -1.24. The van der Waals surface area contributed by atoms with E-state index in [0.29, 0.717) is 11.8 Å². The van der Waals surface area contributed by atoms with Crippen LogP contribution in [-0.4, -0.2) is 23.5 Å². The molecule has 1 atom stereocenters. The molecule has 0 radical (unpaired) electrons. The average Bonchev–Trinajstić information content (AvgIpc) is 2.38. The number of nitrogens with one attached hydrogen (secondary N) is 1. The summed E-state index contributed by atoms with van der Waals surface area (Å²) in [5, 5.41) is 2.59. The third kappa shape index (κ3) is 3.45. The second-order valence-electron chi connectivity index (χ2n) is 4.55. The number of amides is 1. The Morgan fingerprint density at radius 1 is 1.35 bits per heavy atom. The standard InChI is InChI=1S/C13H13F4NOS/c14-11-9(4-1-5-10(11)13(15,16)17)12(19)18-8-3-2-6-20-7-8/h1,4-5,8H,2-3,6-7H2,(H,18,19). The highest BCUT2D eigenvalue weighted by Gasteiger charge is 2.35. The summed E-state index contributed by atoms with van der Waals surface area (Å²) in [7, 11) is 0. The van der Waals surface area contributed by atoms with Crippen LogP contribution in [0, 0.1) is 5.82 Å². The van der Waals surface area contributed by atoms with Gasteiger partial charge in [0.25, 0.3) is 5.91 Å². The molecule has 1 heterocycles. The fraction of sp³-hybridized carbons (Fsp3) is 0.462. The first kappa shape index (κ1) is 15.2. The molecule has 110 valence electrons. The summed E-state index contributed by atoms with van der Waals surface area (Å²) in [5.41, 5.74) is -1.97. The second-order valence-corrected chi connectivity index (χ2v) is 5.70. The van der Waals surface area contributed by atoms with Crippen molar-refractivity contribution < 1.29 is 22.4 Å². The van der Waals surface area contributed by atoms with Gasteiger partial charge in [-0.25, -0.2) is 4.39 Å². The molecule has 1 aliphatic heterocycles. The number of rotatable bonds is 2. The Kier molecular flexibility index (Phi) is 4.57. The van der Waals surface area contributed by atoms with E-state index >= 15 is 0 Å². The largest absolute Gasteiger partial charge is 0.419 e. The van der Waals surface area contributed by atoms with Gasteiger partial charge in [0.15, 0.2) is 0 Å². The van der Waals surface area contributed by atoms with Crippen molar-refractivity contribution in [3.05, 3.63) is 35.1 Å². The van der Waals surface area contributed by atoms with Crippen molar-refractivity contribution in [1.82, 2.24) is 5.32 Å². The predicted molar refractivity (Wildman–Crippen MR) is 69.2 cm³/mol. The quantitative estimate of drug-likeness (QED) is 0.848. The molecule has 7 heteroatoms. The van der Waals surface area contributed by atoms with Crippen LogP contribution in [-0.2, 0) is 6.18 Å². The molecule has 1 aromatic rings. The fourth-order valence-corrected chi connectivity index (χ4v) is 3.12. The van der Waals surface area contributed by atoms with E-state index in [1.165, 1.54) is 0 Å². The van der Waals surface area contributed by atoms with Gasteiger partial charge in [0.2, 0.25) is 0 Å². The maximum Gasteiger partial charge on any atom is 0.419 e. The topological polar surface area (TPSA) is 29.1 Å². The van der Waals surface area contributed by atoms with Crippen LogP contribution >= 0.6 is 11.8 Å². The highest BCUT2D eigenvalue weighted by Crippen LogP contribution is 2.32. The summed E-state index contributed by atoms with van der Waals surface area (Å²) in [4.78, 5) is 11.9. The molecule has 0 aliphatic carbocycles. The summed E-state index contributed by atoms with van der Waals surface area (Å²) in [5.74, 6) is -0.599. The first-order valence-electron chi connectivity index (χ1n) is 6.14. The Morgan fingerprint density at radius 3 is 2.70 bits per heavy atom. The van der Waals surface area contributed by atoms with E-state index in [0.717, 1.165) is 30.7 Å². The lowest BCUT2D eigenvalue weighted by Gasteiger charge is -2.22. The van der Waals surface area contributed by atoms with Crippen LogP contribution in [0.2, 0.25) is 0 Å². The second kappa shape index (κ2) is 6.03. The van der Waals surface area contributed by atoms with Gasteiger partial charge < -0.3 is 5.32 Å². The van der Waals surface area contributed by atoms with Gasteiger partial charge in [-0.05, 0) is 30.7 Å². The number of carbonyl (C=O) groups is 1. The van der Waals surface area contributed by atoms with Crippen molar-refractivity contribution in [3.8, 4) is 0 Å². The molecule has 1 unspecified atom stereocenters. The number of halogens is 4. The predicted octanol–water partition coefficient (Wildman–Crippen LogP) is 3.47. The third-order valence-corrected chi connectivity index (χ3v) is 4.26. The third-order valence-electron chi connectivity index (χ3n) is 3.04. The molecule has 0 spiro atoms. The minimum Gasteiger partial charge on any atom is -0.348 e. The lowest BCUT2D eigenvalue weighted by atomic mass is 10.1. The maximum atomic E-state index is 13.8. The Bertz CT molecular complexity index is 498. The molecule has 1 amide bonds. The molecule has 0 aromatic heterocycles. The molecule has 2 rings (SSSR count). The van der Waals surface area contributed by atoms with Crippen molar-refractivity contribution >= 4 is 17.7 Å². The van der Waals surface area contributed by atoms with Gasteiger partial charge in [-0.1, -0.05) is 6.07 Å². The number of thioether (sulfide) groups is 1. The maximum absolute atomic E-state index is 13.8. The zero-order valence-corrected chi connectivity index (χ0v) is 11.3. The lowest BCUT2D eigenvalue weighted by Crippen LogP contribution is -2.38. The average molecular weight is 307 g/mol. The highest BCUT2D eigenvalue weighted by atomic mass is 32.2. The zero-order valence-electron chi connectivity index (χ0n) is 10.5. The molecule has 1 fully saturated rings. The van der Waals surface area contributed by atoms with Gasteiger partial charge in [0.05, 0.1) is 11.1 Å². The van der Waals surface area contributed by atoms with E-state index in [1.54, 1.807) is 11.8 Å². The van der Waals surface area contributed by atoms with E-state index in [-0.39, 0.29) is 6.04 Å². The van der Waals surface area contributed by atoms with Crippen molar-refractivity contribution in [2.45, 2.75) is 25.1 Å². The van der Waals surface area contributed by atoms with Gasteiger partial charge in [0.1, 0.15) is 5.82 Å². The molecule has 1 saturated heterocycles. The van der Waals surface area contributed by atoms with Crippen LogP contribution in [0.3, 0.4) is 0 Å². The number of hydrogen-bond donors (Lipinski definition) is 1. The van der Waals surface area contributed by atoms with Gasteiger partial charge in [-0.3, -0.25) is 4.79 Å². The van der Waals surface area contributed by atoms with E-state index in [2.05, 4.69) is 5.32 Å². The van der Waals surface area contributed by atoms with E-state index in [4.69, 9.17) is 0 Å². The minimum absolute atomic E-state index is 0.116. The number of carbonyl (C=O) groups excluding carboxylic acids is 1. The van der Waals surface area contributed by atoms with Crippen molar-refractivity contribution in [3.63, 3.8) is 0 Å². The first-order valence-corrected chi connectivity index (χ1v) is 7.29. The van der Waals surface area contributed by atoms with Crippen LogP contribution < -0.4 is 5.32 Å². The first-order chi connectivity index (χ1) is 9.39. The molecule has 1 N–H and O–H groups in total. The summed E-state index contributed by atoms with van der Waals surface area (Å²) < 4.78 is 51.5. The normalized spacial score (nSPS) is 19.7. The van der Waals surface area contributed by atoms with Crippen LogP contribution in [0.4, 0.5) is 17.6 Å². The van der Waals surface area contributed by atoms with Crippen molar-refractivity contribution in [2.24, 2.45) is 0 Å². The highest BCUT2D eigenvalue weighted by molar-refractivity contribution is 7.99. The van der Waals surface area contributed by atoms with E-state index in [1.807, 2.05) is 0 Å². The summed E-state index contributed by atoms with van der Waals surface area (Å²) in [6.07, 6.45) is -3.11. The zero-order chi connectivity index (χ0) is 14.8. The van der Waals surface area contributed by atoms with Crippen molar-refractivity contribution in [1.29, 1.82) is 0 Å². The Labute approximate surface area is 117 Å². The van der Waals surface area contributed by atoms with Crippen LogP contribution in [0.15, 0.2) is 18.2 Å².